The number of nitrogens with zero attached hydrogens (tertiary/aromatic N) is 2. The van der Waals surface area contributed by atoms with Crippen LogP contribution in [0.5, 0.6) is 0 Å². The van der Waals surface area contributed by atoms with Crippen molar-refractivity contribution in [3.8, 4) is 0 Å². The van der Waals surface area contributed by atoms with E-state index < -0.39 is 5.82 Å². The third-order valence-electron chi connectivity index (χ3n) is 2.83. The first-order valence-electron chi connectivity index (χ1n) is 5.88. The van der Waals surface area contributed by atoms with E-state index in [1.807, 2.05) is 24.3 Å². The van der Waals surface area contributed by atoms with Crippen molar-refractivity contribution in [2.75, 3.05) is 11.1 Å². The minimum Gasteiger partial charge on any atom is -0.368 e. The molecule has 0 saturated heterocycles. The Bertz CT molecular complexity index is 771. The molecule has 3 rings (SSSR count). The number of nitrogens with one attached hydrogen (secondary N) is 1. The van der Waals surface area contributed by atoms with Gasteiger partial charge in [0.15, 0.2) is 0 Å². The summed E-state index contributed by atoms with van der Waals surface area (Å²) in [5.41, 5.74) is 6.51. The Morgan fingerprint density at radius 1 is 1.05 bits per heavy atom. The van der Waals surface area contributed by atoms with E-state index >= 15 is 0 Å². The summed E-state index contributed by atoms with van der Waals surface area (Å²) in [7, 11) is 0. The fraction of sp³-hybridized carbons (Fsp3) is 0. The minimum atomic E-state index is -0.459. The molecule has 0 aliphatic heterocycles. The number of hydrogen-bond acceptors (Lipinski definition) is 4. The average Bonchev–Trinajstić information content (AvgIpc) is 2.42. The zero-order chi connectivity index (χ0) is 14.1. The number of hydrogen-bond donors (Lipinski definition) is 2. The highest BCUT2D eigenvalue weighted by atomic mass is 35.5. The molecule has 2 aromatic carbocycles. The smallest absolute Gasteiger partial charge is 0.222 e. The average molecular weight is 289 g/mol. The summed E-state index contributed by atoms with van der Waals surface area (Å²) in [6.45, 7) is 0. The monoisotopic (exact) mass is 288 g/mol. The number of anilines is 3. The normalized spacial score (nSPS) is 10.7. The number of para-hydroxylation sites is 2. The van der Waals surface area contributed by atoms with E-state index in [-0.39, 0.29) is 16.7 Å². The number of nitrogen functional groups attached to an aromatic ring is 1. The fourth-order valence-electron chi connectivity index (χ4n) is 1.93. The van der Waals surface area contributed by atoms with E-state index in [2.05, 4.69) is 15.3 Å². The predicted molar refractivity (Wildman–Crippen MR) is 78.6 cm³/mol. The van der Waals surface area contributed by atoms with E-state index in [0.29, 0.717) is 11.3 Å². The van der Waals surface area contributed by atoms with Crippen LogP contribution in [-0.2, 0) is 0 Å². The molecule has 20 heavy (non-hydrogen) atoms. The van der Waals surface area contributed by atoms with Crippen LogP contribution in [0.3, 0.4) is 0 Å². The molecule has 0 spiro atoms. The number of nitrogens with two attached hydrogens (primary N) is 1. The van der Waals surface area contributed by atoms with E-state index in [9.17, 15) is 4.39 Å². The van der Waals surface area contributed by atoms with Crippen molar-refractivity contribution in [3.63, 3.8) is 0 Å². The van der Waals surface area contributed by atoms with Gasteiger partial charge in [-0.05, 0) is 24.3 Å². The van der Waals surface area contributed by atoms with Crippen molar-refractivity contribution in [1.29, 1.82) is 0 Å². The van der Waals surface area contributed by atoms with Crippen LogP contribution >= 0.6 is 11.6 Å². The van der Waals surface area contributed by atoms with Crippen molar-refractivity contribution in [2.24, 2.45) is 0 Å². The molecule has 0 aliphatic carbocycles. The van der Waals surface area contributed by atoms with Gasteiger partial charge in [0.1, 0.15) is 11.6 Å². The molecule has 1 aromatic heterocycles. The first-order chi connectivity index (χ1) is 9.65. The first-order valence-corrected chi connectivity index (χ1v) is 6.26. The molecule has 0 fully saturated rings. The molecule has 3 aromatic rings. The molecule has 0 amide bonds. The Labute approximate surface area is 119 Å². The second-order valence-corrected chi connectivity index (χ2v) is 4.58. The van der Waals surface area contributed by atoms with Gasteiger partial charge in [0, 0.05) is 5.39 Å². The highest BCUT2D eigenvalue weighted by molar-refractivity contribution is 6.33. The van der Waals surface area contributed by atoms with Crippen molar-refractivity contribution in [2.45, 2.75) is 0 Å². The lowest BCUT2D eigenvalue weighted by Crippen LogP contribution is -2.02. The first kappa shape index (κ1) is 12.6. The lowest BCUT2D eigenvalue weighted by atomic mass is 10.2. The Hall–Kier alpha value is -2.40. The van der Waals surface area contributed by atoms with Gasteiger partial charge in [-0.2, -0.15) is 4.98 Å². The molecule has 0 bridgehead atoms. The standard InChI is InChI=1S/C14H10ClFN4/c15-9-5-3-6-10(16)12(9)19-13-8-4-1-2-7-11(8)18-14(17)20-13/h1-7H,(H3,17,18,19,20). The van der Waals surface area contributed by atoms with E-state index in [1.54, 1.807) is 6.07 Å². The predicted octanol–water partition coefficient (Wildman–Crippen LogP) is 3.75. The summed E-state index contributed by atoms with van der Waals surface area (Å²) in [6.07, 6.45) is 0. The number of halogens is 2. The zero-order valence-corrected chi connectivity index (χ0v) is 11.0. The SMILES string of the molecule is Nc1nc(Nc2c(F)cccc2Cl)c2ccccc2n1. The molecule has 0 unspecified atom stereocenters. The van der Waals surface area contributed by atoms with Gasteiger partial charge in [-0.25, -0.2) is 9.37 Å². The molecule has 0 aliphatic rings. The van der Waals surface area contributed by atoms with E-state index in [1.165, 1.54) is 12.1 Å². The Balaban J connectivity index is 2.16. The summed E-state index contributed by atoms with van der Waals surface area (Å²) in [5, 5.41) is 3.89. The minimum absolute atomic E-state index is 0.110. The summed E-state index contributed by atoms with van der Waals surface area (Å²) in [4.78, 5) is 8.23. The van der Waals surface area contributed by atoms with Gasteiger partial charge in [0.25, 0.3) is 0 Å². The largest absolute Gasteiger partial charge is 0.368 e. The molecule has 0 atom stereocenters. The zero-order valence-electron chi connectivity index (χ0n) is 10.3. The van der Waals surface area contributed by atoms with Gasteiger partial charge in [-0.15, -0.1) is 0 Å². The molecule has 1 heterocycles. The van der Waals surface area contributed by atoms with Gasteiger partial charge in [-0.1, -0.05) is 29.8 Å². The second-order valence-electron chi connectivity index (χ2n) is 4.17. The topological polar surface area (TPSA) is 63.8 Å². The van der Waals surface area contributed by atoms with Crippen molar-refractivity contribution < 1.29 is 4.39 Å². The van der Waals surface area contributed by atoms with Crippen LogP contribution in [-0.4, -0.2) is 9.97 Å². The van der Waals surface area contributed by atoms with Crippen LogP contribution < -0.4 is 11.1 Å². The maximum absolute atomic E-state index is 13.8. The third-order valence-corrected chi connectivity index (χ3v) is 3.14. The van der Waals surface area contributed by atoms with Crippen molar-refractivity contribution >= 4 is 40.0 Å². The van der Waals surface area contributed by atoms with Crippen LogP contribution in [0.25, 0.3) is 10.9 Å². The van der Waals surface area contributed by atoms with Crippen LogP contribution in [0, 0.1) is 5.82 Å². The highest BCUT2D eigenvalue weighted by Crippen LogP contribution is 2.30. The van der Waals surface area contributed by atoms with E-state index in [4.69, 9.17) is 17.3 Å². The van der Waals surface area contributed by atoms with Crippen LogP contribution in [0.4, 0.5) is 21.8 Å². The van der Waals surface area contributed by atoms with Gasteiger partial charge in [0.05, 0.1) is 16.2 Å². The van der Waals surface area contributed by atoms with Crippen molar-refractivity contribution in [3.05, 3.63) is 53.3 Å². The Kier molecular flexibility index (Phi) is 3.12. The molecule has 100 valence electrons. The summed E-state index contributed by atoms with van der Waals surface area (Å²) < 4.78 is 13.8. The van der Waals surface area contributed by atoms with E-state index in [0.717, 1.165) is 5.39 Å². The number of aromatic nitrogens is 2. The Morgan fingerprint density at radius 2 is 1.85 bits per heavy atom. The lowest BCUT2D eigenvalue weighted by Gasteiger charge is -2.11. The van der Waals surface area contributed by atoms with Crippen molar-refractivity contribution in [1.82, 2.24) is 9.97 Å². The summed E-state index contributed by atoms with van der Waals surface area (Å²) in [5.74, 6) is 0.0672. The molecule has 3 N–H and O–H groups in total. The summed E-state index contributed by atoms with van der Waals surface area (Å²) >= 11 is 5.99. The van der Waals surface area contributed by atoms with Gasteiger partial charge in [-0.3, -0.25) is 0 Å². The van der Waals surface area contributed by atoms with Gasteiger partial charge >= 0.3 is 0 Å². The lowest BCUT2D eigenvalue weighted by molar-refractivity contribution is 0.632. The summed E-state index contributed by atoms with van der Waals surface area (Å²) in [6, 6.07) is 11.8. The maximum atomic E-state index is 13.8. The maximum Gasteiger partial charge on any atom is 0.222 e. The third kappa shape index (κ3) is 2.23. The Morgan fingerprint density at radius 3 is 2.65 bits per heavy atom. The van der Waals surface area contributed by atoms with Crippen LogP contribution in [0.2, 0.25) is 5.02 Å². The van der Waals surface area contributed by atoms with Gasteiger partial charge in [0.2, 0.25) is 5.95 Å². The number of fused-ring (bicyclic) bond motifs is 1. The molecule has 0 saturated carbocycles. The molecular weight excluding hydrogens is 279 g/mol. The quantitative estimate of drug-likeness (QED) is 0.754. The number of benzene rings is 2. The van der Waals surface area contributed by atoms with Gasteiger partial charge < -0.3 is 11.1 Å². The fourth-order valence-corrected chi connectivity index (χ4v) is 2.14. The molecular formula is C14H10ClFN4. The molecule has 0 radical (unpaired) electrons. The van der Waals surface area contributed by atoms with Crippen LogP contribution in [0.1, 0.15) is 0 Å². The van der Waals surface area contributed by atoms with Crippen LogP contribution in [0.15, 0.2) is 42.5 Å². The number of rotatable bonds is 2. The molecule has 6 heteroatoms. The highest BCUT2D eigenvalue weighted by Gasteiger charge is 2.11. The molecule has 4 nitrogen and oxygen atoms in total. The second kappa shape index (κ2) is 4.94.